The number of nitrogens with zero attached hydrogens (tertiary/aromatic N) is 1. The van der Waals surface area contributed by atoms with E-state index in [4.69, 9.17) is 5.73 Å². The van der Waals surface area contributed by atoms with Crippen molar-refractivity contribution >= 4 is 10.0 Å². The summed E-state index contributed by atoms with van der Waals surface area (Å²) < 4.78 is 28.5. The molecule has 1 aliphatic carbocycles. The van der Waals surface area contributed by atoms with E-state index in [9.17, 15) is 8.42 Å². The predicted molar refractivity (Wildman–Crippen MR) is 61.3 cm³/mol. The van der Waals surface area contributed by atoms with Gasteiger partial charge in [0.2, 0.25) is 10.0 Å². The Morgan fingerprint density at radius 1 is 1.56 bits per heavy atom. The summed E-state index contributed by atoms with van der Waals surface area (Å²) >= 11 is 0. The molecule has 0 unspecified atom stereocenters. The number of aryl methyl sites for hydroxylation is 1. The maximum Gasteiger partial charge on any atom is 0.242 e. The highest BCUT2D eigenvalue weighted by Gasteiger charge is 2.41. The molecule has 0 aliphatic heterocycles. The molecule has 0 bridgehead atoms. The van der Waals surface area contributed by atoms with Gasteiger partial charge in [-0.15, -0.1) is 0 Å². The smallest absolute Gasteiger partial charge is 0.242 e. The molecule has 1 aliphatic rings. The van der Waals surface area contributed by atoms with Gasteiger partial charge in [-0.3, -0.25) is 0 Å². The second kappa shape index (κ2) is 3.58. The van der Waals surface area contributed by atoms with Crippen molar-refractivity contribution in [3.63, 3.8) is 0 Å². The molecule has 0 aromatic carbocycles. The fraction of sp³-hybridized carbons (Fsp3) is 0.600. The van der Waals surface area contributed by atoms with Gasteiger partial charge in [0.15, 0.2) is 0 Å². The number of hydrogen-bond donors (Lipinski definition) is 2. The van der Waals surface area contributed by atoms with Crippen molar-refractivity contribution in [2.75, 3.05) is 0 Å². The van der Waals surface area contributed by atoms with Crippen molar-refractivity contribution in [2.24, 2.45) is 12.8 Å². The van der Waals surface area contributed by atoms with E-state index in [0.717, 1.165) is 18.5 Å². The Morgan fingerprint density at radius 3 is 2.62 bits per heavy atom. The number of rotatable bonds is 4. The van der Waals surface area contributed by atoms with Crippen LogP contribution in [0.2, 0.25) is 0 Å². The topological polar surface area (TPSA) is 77.1 Å². The summed E-state index contributed by atoms with van der Waals surface area (Å²) in [4.78, 5) is 0.295. The molecule has 1 heterocycles. The monoisotopic (exact) mass is 243 g/mol. The third-order valence-electron chi connectivity index (χ3n) is 2.98. The first-order valence-corrected chi connectivity index (χ1v) is 6.74. The molecule has 2 rings (SSSR count). The van der Waals surface area contributed by atoms with Crippen molar-refractivity contribution < 1.29 is 8.42 Å². The Morgan fingerprint density at radius 2 is 2.19 bits per heavy atom. The van der Waals surface area contributed by atoms with Crippen molar-refractivity contribution in [3.05, 3.63) is 18.0 Å². The zero-order valence-corrected chi connectivity index (χ0v) is 10.3. The Labute approximate surface area is 95.7 Å². The highest BCUT2D eigenvalue weighted by Crippen LogP contribution is 2.36. The highest BCUT2D eigenvalue weighted by atomic mass is 32.2. The standard InChI is InChI=1S/C10H17N3O2S/c1-10(3-4-10)12-16(14,15)9-5-8(6-11)13(2)7-9/h5,7,12H,3-4,6,11H2,1-2H3. The van der Waals surface area contributed by atoms with Crippen LogP contribution in [0.4, 0.5) is 0 Å². The molecule has 0 saturated heterocycles. The van der Waals surface area contributed by atoms with E-state index in [0.29, 0.717) is 11.4 Å². The summed E-state index contributed by atoms with van der Waals surface area (Å²) in [6.07, 6.45) is 3.40. The second-order valence-corrected chi connectivity index (χ2v) is 6.33. The predicted octanol–water partition coefficient (Wildman–Crippen LogP) is 0.315. The number of hydrogen-bond acceptors (Lipinski definition) is 3. The van der Waals surface area contributed by atoms with E-state index in [1.54, 1.807) is 23.9 Å². The second-order valence-electron chi connectivity index (χ2n) is 4.65. The maximum atomic E-state index is 12.0. The molecule has 1 aromatic rings. The van der Waals surface area contributed by atoms with Crippen molar-refractivity contribution in [1.82, 2.24) is 9.29 Å². The van der Waals surface area contributed by atoms with E-state index < -0.39 is 10.0 Å². The number of sulfonamides is 1. The maximum absolute atomic E-state index is 12.0. The molecule has 0 spiro atoms. The molecule has 0 radical (unpaired) electrons. The van der Waals surface area contributed by atoms with Gasteiger partial charge in [-0.1, -0.05) is 0 Å². The summed E-state index contributed by atoms with van der Waals surface area (Å²) in [6, 6.07) is 1.62. The third kappa shape index (κ3) is 2.14. The lowest BCUT2D eigenvalue weighted by Gasteiger charge is -2.10. The molecule has 0 atom stereocenters. The van der Waals surface area contributed by atoms with Gasteiger partial charge in [0.05, 0.1) is 4.90 Å². The summed E-state index contributed by atoms with van der Waals surface area (Å²) in [5.41, 5.74) is 6.08. The van der Waals surface area contributed by atoms with Crippen LogP contribution in [-0.4, -0.2) is 18.5 Å². The summed E-state index contributed by atoms with van der Waals surface area (Å²) in [5, 5.41) is 0. The van der Waals surface area contributed by atoms with Crippen molar-refractivity contribution in [3.8, 4) is 0 Å². The van der Waals surface area contributed by atoms with Gasteiger partial charge in [-0.2, -0.15) is 0 Å². The van der Waals surface area contributed by atoms with E-state index in [-0.39, 0.29) is 5.54 Å². The van der Waals surface area contributed by atoms with Crippen LogP contribution in [0.1, 0.15) is 25.5 Å². The molecule has 90 valence electrons. The normalized spacial score (nSPS) is 18.7. The summed E-state index contributed by atoms with van der Waals surface area (Å²) in [6.45, 7) is 2.25. The Kier molecular flexibility index (Phi) is 2.60. The van der Waals surface area contributed by atoms with Crippen molar-refractivity contribution in [1.29, 1.82) is 0 Å². The minimum Gasteiger partial charge on any atom is -0.352 e. The van der Waals surface area contributed by atoms with Gasteiger partial charge >= 0.3 is 0 Å². The number of nitrogens with one attached hydrogen (secondary N) is 1. The molecule has 1 aromatic heterocycles. The van der Waals surface area contributed by atoms with E-state index >= 15 is 0 Å². The molecule has 6 heteroatoms. The molecule has 3 N–H and O–H groups in total. The summed E-state index contributed by atoms with van der Waals surface area (Å²) in [7, 11) is -1.60. The minimum atomic E-state index is -3.39. The lowest BCUT2D eigenvalue weighted by Crippen LogP contribution is -2.34. The largest absolute Gasteiger partial charge is 0.352 e. The quantitative estimate of drug-likeness (QED) is 0.799. The molecule has 5 nitrogen and oxygen atoms in total. The number of nitrogens with two attached hydrogens (primary N) is 1. The SMILES string of the molecule is Cn1cc(S(=O)(=O)NC2(C)CC2)cc1CN. The average Bonchev–Trinajstić information content (AvgIpc) is 2.76. The molecule has 0 amide bonds. The average molecular weight is 243 g/mol. The van der Waals surface area contributed by atoms with Crippen LogP contribution >= 0.6 is 0 Å². The van der Waals surface area contributed by atoms with Gasteiger partial charge in [0, 0.05) is 31.0 Å². The van der Waals surface area contributed by atoms with Crippen LogP contribution in [0, 0.1) is 0 Å². The first-order chi connectivity index (χ1) is 7.36. The van der Waals surface area contributed by atoms with Crippen LogP contribution in [-0.2, 0) is 23.6 Å². The zero-order valence-electron chi connectivity index (χ0n) is 9.53. The first kappa shape index (κ1) is 11.6. The Hall–Kier alpha value is -0.850. The lowest BCUT2D eigenvalue weighted by molar-refractivity contribution is 0.558. The first-order valence-electron chi connectivity index (χ1n) is 5.26. The zero-order chi connectivity index (χ0) is 12.0. The third-order valence-corrected chi connectivity index (χ3v) is 4.59. The van der Waals surface area contributed by atoms with E-state index in [1.165, 1.54) is 0 Å². The van der Waals surface area contributed by atoms with Gasteiger partial charge < -0.3 is 10.3 Å². The van der Waals surface area contributed by atoms with Crippen LogP contribution in [0.25, 0.3) is 0 Å². The van der Waals surface area contributed by atoms with Crippen LogP contribution in [0.3, 0.4) is 0 Å². The summed E-state index contributed by atoms with van der Waals surface area (Å²) in [5.74, 6) is 0. The Balaban J connectivity index is 2.28. The molecule has 1 saturated carbocycles. The molecular formula is C10H17N3O2S. The minimum absolute atomic E-state index is 0.239. The fourth-order valence-electron chi connectivity index (χ4n) is 1.60. The van der Waals surface area contributed by atoms with Gasteiger partial charge in [0.1, 0.15) is 0 Å². The van der Waals surface area contributed by atoms with Crippen LogP contribution in [0.5, 0.6) is 0 Å². The van der Waals surface area contributed by atoms with Gasteiger partial charge in [-0.05, 0) is 25.8 Å². The fourth-order valence-corrected chi connectivity index (χ4v) is 3.16. The highest BCUT2D eigenvalue weighted by molar-refractivity contribution is 7.89. The molecule has 16 heavy (non-hydrogen) atoms. The number of aromatic nitrogens is 1. The van der Waals surface area contributed by atoms with Crippen LogP contribution < -0.4 is 10.5 Å². The van der Waals surface area contributed by atoms with Crippen molar-refractivity contribution in [2.45, 2.75) is 36.7 Å². The van der Waals surface area contributed by atoms with E-state index in [2.05, 4.69) is 4.72 Å². The Bertz CT molecular complexity index is 500. The lowest BCUT2D eigenvalue weighted by atomic mass is 10.4. The molecular weight excluding hydrogens is 226 g/mol. The van der Waals surface area contributed by atoms with Crippen LogP contribution in [0.15, 0.2) is 17.2 Å². The molecule has 1 fully saturated rings. The van der Waals surface area contributed by atoms with Gasteiger partial charge in [0.25, 0.3) is 0 Å². The van der Waals surface area contributed by atoms with Gasteiger partial charge in [-0.25, -0.2) is 13.1 Å². The van der Waals surface area contributed by atoms with E-state index in [1.807, 2.05) is 6.92 Å².